The lowest BCUT2D eigenvalue weighted by Gasteiger charge is -2.43. The molecule has 2 heteroatoms. The van der Waals surface area contributed by atoms with Gasteiger partial charge < -0.3 is 5.32 Å². The zero-order valence-electron chi connectivity index (χ0n) is 13.2. The average Bonchev–Trinajstić information content (AvgIpc) is 2.47. The lowest BCUT2D eigenvalue weighted by atomic mass is 9.88. The van der Waals surface area contributed by atoms with Crippen molar-refractivity contribution in [3.05, 3.63) is 0 Å². The molecule has 0 aromatic carbocycles. The third-order valence-corrected chi connectivity index (χ3v) is 5.16. The number of nitrogens with one attached hydrogen (secondary N) is 1. The van der Waals surface area contributed by atoms with E-state index in [1.54, 1.807) is 0 Å². The third kappa shape index (κ3) is 4.75. The van der Waals surface area contributed by atoms with Crippen LogP contribution in [0.25, 0.3) is 0 Å². The zero-order chi connectivity index (χ0) is 13.5. The molecule has 1 atom stereocenters. The average molecular weight is 266 g/mol. The molecule has 1 N–H and O–H groups in total. The summed E-state index contributed by atoms with van der Waals surface area (Å²) in [6.45, 7) is 4.89. The fourth-order valence-electron chi connectivity index (χ4n) is 4.19. The van der Waals surface area contributed by atoms with Gasteiger partial charge in [-0.25, -0.2) is 0 Å². The molecule has 0 aliphatic heterocycles. The van der Waals surface area contributed by atoms with Crippen molar-refractivity contribution in [3.63, 3.8) is 0 Å². The van der Waals surface area contributed by atoms with E-state index in [9.17, 15) is 0 Å². The van der Waals surface area contributed by atoms with E-state index < -0.39 is 0 Å². The minimum absolute atomic E-state index is 0.786. The van der Waals surface area contributed by atoms with Crippen LogP contribution in [0.3, 0.4) is 0 Å². The molecule has 2 aliphatic rings. The summed E-state index contributed by atoms with van der Waals surface area (Å²) in [7, 11) is 2.09. The van der Waals surface area contributed by atoms with Crippen LogP contribution in [-0.4, -0.2) is 37.1 Å². The highest BCUT2D eigenvalue weighted by Crippen LogP contribution is 2.30. The van der Waals surface area contributed by atoms with E-state index in [-0.39, 0.29) is 0 Å². The van der Waals surface area contributed by atoms with Gasteiger partial charge in [0, 0.05) is 18.6 Å². The molecule has 0 bridgehead atoms. The van der Waals surface area contributed by atoms with Crippen LogP contribution in [0.5, 0.6) is 0 Å². The van der Waals surface area contributed by atoms with Crippen LogP contribution in [0.15, 0.2) is 0 Å². The van der Waals surface area contributed by atoms with Gasteiger partial charge in [-0.1, -0.05) is 45.4 Å². The van der Waals surface area contributed by atoms with Crippen LogP contribution in [0, 0.1) is 5.92 Å². The van der Waals surface area contributed by atoms with Gasteiger partial charge in [0.15, 0.2) is 0 Å². The Labute approximate surface area is 120 Å². The third-order valence-electron chi connectivity index (χ3n) is 5.16. The maximum Gasteiger partial charge on any atom is 0.00983 e. The fourth-order valence-corrected chi connectivity index (χ4v) is 4.19. The van der Waals surface area contributed by atoms with Crippen molar-refractivity contribution in [2.24, 2.45) is 5.92 Å². The molecule has 0 aromatic heterocycles. The monoisotopic (exact) mass is 266 g/mol. The Hall–Kier alpha value is -0.0800. The van der Waals surface area contributed by atoms with Crippen molar-refractivity contribution in [3.8, 4) is 0 Å². The summed E-state index contributed by atoms with van der Waals surface area (Å²) in [5.41, 5.74) is 0. The zero-order valence-corrected chi connectivity index (χ0v) is 13.2. The van der Waals surface area contributed by atoms with Crippen molar-refractivity contribution in [1.29, 1.82) is 0 Å². The predicted molar refractivity (Wildman–Crippen MR) is 83.5 cm³/mol. The molecule has 2 nitrogen and oxygen atoms in total. The number of nitrogens with zero attached hydrogens (tertiary/aromatic N) is 1. The van der Waals surface area contributed by atoms with Crippen LogP contribution >= 0.6 is 0 Å². The minimum atomic E-state index is 0.786. The largest absolute Gasteiger partial charge is 0.319 e. The molecular weight excluding hydrogens is 232 g/mol. The van der Waals surface area contributed by atoms with Gasteiger partial charge in [0.25, 0.3) is 0 Å². The van der Waals surface area contributed by atoms with Gasteiger partial charge in [-0.15, -0.1) is 0 Å². The van der Waals surface area contributed by atoms with Gasteiger partial charge in [0.1, 0.15) is 0 Å². The summed E-state index contributed by atoms with van der Waals surface area (Å²) >= 11 is 0. The van der Waals surface area contributed by atoms with E-state index in [1.165, 1.54) is 70.8 Å². The smallest absolute Gasteiger partial charge is 0.00983 e. The van der Waals surface area contributed by atoms with Crippen molar-refractivity contribution < 1.29 is 0 Å². The predicted octanol–water partition coefficient (Wildman–Crippen LogP) is 3.81. The molecule has 0 saturated heterocycles. The highest BCUT2D eigenvalue weighted by Gasteiger charge is 2.29. The summed E-state index contributed by atoms with van der Waals surface area (Å²) in [4.78, 5) is 2.93. The minimum Gasteiger partial charge on any atom is -0.319 e. The number of hydrogen-bond acceptors (Lipinski definition) is 2. The highest BCUT2D eigenvalue weighted by molar-refractivity contribution is 4.84. The Morgan fingerprint density at radius 2 is 1.37 bits per heavy atom. The van der Waals surface area contributed by atoms with Crippen LogP contribution in [0.2, 0.25) is 0 Å². The summed E-state index contributed by atoms with van der Waals surface area (Å²) in [5.74, 6) is 0.786. The van der Waals surface area contributed by atoms with E-state index in [4.69, 9.17) is 0 Å². The van der Waals surface area contributed by atoms with Crippen molar-refractivity contribution in [2.45, 2.75) is 83.2 Å². The molecular formula is C17H34N2. The Bertz CT molecular complexity index is 211. The second kappa shape index (κ2) is 8.26. The molecule has 0 spiro atoms. The van der Waals surface area contributed by atoms with Crippen LogP contribution < -0.4 is 5.32 Å². The Morgan fingerprint density at radius 3 is 1.79 bits per heavy atom. The molecule has 112 valence electrons. The lowest BCUT2D eigenvalue weighted by molar-refractivity contribution is 0.0667. The van der Waals surface area contributed by atoms with Gasteiger partial charge in [0.05, 0.1) is 0 Å². The second-order valence-electron chi connectivity index (χ2n) is 6.94. The van der Waals surface area contributed by atoms with Gasteiger partial charge in [-0.3, -0.25) is 4.90 Å². The maximum absolute atomic E-state index is 3.35. The Kier molecular flexibility index (Phi) is 6.66. The lowest BCUT2D eigenvalue weighted by Crippen LogP contribution is -2.48. The molecule has 2 rings (SSSR count). The highest BCUT2D eigenvalue weighted by atomic mass is 15.2. The summed E-state index contributed by atoms with van der Waals surface area (Å²) in [6.07, 6.45) is 14.7. The SMILES string of the molecule is CNCC(C)CN(C1CCCCC1)C1CCCCC1. The molecule has 0 radical (unpaired) electrons. The fraction of sp³-hybridized carbons (Fsp3) is 1.00. The first-order valence-electron chi connectivity index (χ1n) is 8.71. The Morgan fingerprint density at radius 1 is 0.895 bits per heavy atom. The standard InChI is InChI=1S/C17H34N2/c1-15(13-18-2)14-19(16-9-5-3-6-10-16)17-11-7-4-8-12-17/h15-18H,3-14H2,1-2H3. The molecule has 0 aromatic rings. The molecule has 2 fully saturated rings. The normalized spacial score (nSPS) is 24.8. The first-order valence-corrected chi connectivity index (χ1v) is 8.71. The number of rotatable bonds is 6. The Balaban J connectivity index is 1.94. The molecule has 0 heterocycles. The molecule has 2 aliphatic carbocycles. The summed E-state index contributed by atoms with van der Waals surface area (Å²) < 4.78 is 0. The quantitative estimate of drug-likeness (QED) is 0.786. The van der Waals surface area contributed by atoms with E-state index >= 15 is 0 Å². The van der Waals surface area contributed by atoms with Crippen molar-refractivity contribution in [2.75, 3.05) is 20.1 Å². The molecule has 0 amide bonds. The first kappa shape index (κ1) is 15.3. The van der Waals surface area contributed by atoms with E-state index in [0.717, 1.165) is 24.5 Å². The van der Waals surface area contributed by atoms with Gasteiger partial charge in [-0.2, -0.15) is 0 Å². The van der Waals surface area contributed by atoms with Crippen LogP contribution in [-0.2, 0) is 0 Å². The second-order valence-corrected chi connectivity index (χ2v) is 6.94. The van der Waals surface area contributed by atoms with E-state index in [2.05, 4.69) is 24.2 Å². The van der Waals surface area contributed by atoms with Crippen LogP contribution in [0.4, 0.5) is 0 Å². The summed E-state index contributed by atoms with van der Waals surface area (Å²) in [6, 6.07) is 1.80. The number of hydrogen-bond donors (Lipinski definition) is 1. The maximum atomic E-state index is 3.35. The van der Waals surface area contributed by atoms with E-state index in [1.807, 2.05) is 0 Å². The van der Waals surface area contributed by atoms with E-state index in [0.29, 0.717) is 0 Å². The molecule has 19 heavy (non-hydrogen) atoms. The van der Waals surface area contributed by atoms with Crippen LogP contribution in [0.1, 0.15) is 71.1 Å². The topological polar surface area (TPSA) is 15.3 Å². The van der Waals surface area contributed by atoms with Crippen molar-refractivity contribution >= 4 is 0 Å². The van der Waals surface area contributed by atoms with Gasteiger partial charge in [-0.05, 0) is 45.2 Å². The van der Waals surface area contributed by atoms with Gasteiger partial charge >= 0.3 is 0 Å². The van der Waals surface area contributed by atoms with Gasteiger partial charge in [0.2, 0.25) is 0 Å². The summed E-state index contributed by atoms with van der Waals surface area (Å²) in [5, 5.41) is 3.35. The first-order chi connectivity index (χ1) is 9.31. The molecule has 2 saturated carbocycles. The van der Waals surface area contributed by atoms with Crippen molar-refractivity contribution in [1.82, 2.24) is 10.2 Å². The molecule has 1 unspecified atom stereocenters.